The highest BCUT2D eigenvalue weighted by Crippen LogP contribution is 2.37. The van der Waals surface area contributed by atoms with Gasteiger partial charge in [0, 0.05) is 5.56 Å². The predicted molar refractivity (Wildman–Crippen MR) is 104 cm³/mol. The van der Waals surface area contributed by atoms with Gasteiger partial charge >= 0.3 is 5.97 Å². The normalized spacial score (nSPS) is 19.4. The lowest BCUT2D eigenvalue weighted by Crippen LogP contribution is -2.27. The van der Waals surface area contributed by atoms with Crippen LogP contribution in [0.15, 0.2) is 77.0 Å². The van der Waals surface area contributed by atoms with Gasteiger partial charge in [0.25, 0.3) is 0 Å². The molecule has 0 heterocycles. The SMILES string of the molecule is COC(=O)C1(C)C=CC(c2ccccc2/N=N/c2cccc(C)c2)=CC1. The number of hydrogen-bond donors (Lipinski definition) is 0. The first-order valence-corrected chi connectivity index (χ1v) is 8.57. The number of azo groups is 1. The Bertz CT molecular complexity index is 912. The Morgan fingerprint density at radius 3 is 2.62 bits per heavy atom. The number of benzene rings is 2. The van der Waals surface area contributed by atoms with Crippen molar-refractivity contribution in [3.05, 3.63) is 77.9 Å². The highest BCUT2D eigenvalue weighted by Gasteiger charge is 2.32. The number of methoxy groups -OCH3 is 1. The first-order valence-electron chi connectivity index (χ1n) is 8.57. The Morgan fingerprint density at radius 1 is 1.12 bits per heavy atom. The third-order valence-electron chi connectivity index (χ3n) is 4.52. The summed E-state index contributed by atoms with van der Waals surface area (Å²) in [4.78, 5) is 11.9. The molecule has 1 atom stereocenters. The third kappa shape index (κ3) is 3.80. The van der Waals surface area contributed by atoms with E-state index in [9.17, 15) is 4.79 Å². The first kappa shape index (κ1) is 17.8. The Kier molecular flexibility index (Phi) is 5.12. The molecular weight excluding hydrogens is 324 g/mol. The monoisotopic (exact) mass is 346 g/mol. The molecular formula is C22H22N2O2. The minimum Gasteiger partial charge on any atom is -0.468 e. The summed E-state index contributed by atoms with van der Waals surface area (Å²) in [7, 11) is 1.42. The van der Waals surface area contributed by atoms with Gasteiger partial charge in [-0.05, 0) is 49.6 Å². The van der Waals surface area contributed by atoms with Crippen molar-refractivity contribution >= 4 is 22.9 Å². The van der Waals surface area contributed by atoms with Crippen molar-refractivity contribution in [1.82, 2.24) is 0 Å². The fraction of sp³-hybridized carbons (Fsp3) is 0.227. The van der Waals surface area contributed by atoms with E-state index in [4.69, 9.17) is 4.74 Å². The molecule has 0 radical (unpaired) electrons. The zero-order chi connectivity index (χ0) is 18.6. The Labute approximate surface area is 153 Å². The molecule has 0 spiro atoms. The summed E-state index contributed by atoms with van der Waals surface area (Å²) in [6, 6.07) is 15.8. The number of aryl methyl sites for hydroxylation is 1. The lowest BCUT2D eigenvalue weighted by Gasteiger charge is -2.25. The molecule has 1 aliphatic carbocycles. The molecule has 3 rings (SSSR count). The minimum absolute atomic E-state index is 0.225. The molecule has 0 saturated heterocycles. The second kappa shape index (κ2) is 7.48. The molecule has 4 heteroatoms. The van der Waals surface area contributed by atoms with Crippen LogP contribution in [0.4, 0.5) is 11.4 Å². The second-order valence-electron chi connectivity index (χ2n) is 6.66. The lowest BCUT2D eigenvalue weighted by molar-refractivity contribution is -0.148. The van der Waals surface area contributed by atoms with Gasteiger partial charge in [-0.2, -0.15) is 5.11 Å². The molecule has 2 aromatic carbocycles. The van der Waals surface area contributed by atoms with Crippen LogP contribution >= 0.6 is 0 Å². The van der Waals surface area contributed by atoms with Gasteiger partial charge in [-0.25, -0.2) is 0 Å². The van der Waals surface area contributed by atoms with Gasteiger partial charge < -0.3 is 4.74 Å². The van der Waals surface area contributed by atoms with Crippen molar-refractivity contribution in [3.63, 3.8) is 0 Å². The van der Waals surface area contributed by atoms with Crippen molar-refractivity contribution in [1.29, 1.82) is 0 Å². The summed E-state index contributed by atoms with van der Waals surface area (Å²) in [5.41, 5.74) is 4.18. The van der Waals surface area contributed by atoms with Crippen LogP contribution in [-0.2, 0) is 9.53 Å². The smallest absolute Gasteiger partial charge is 0.315 e. The average Bonchev–Trinajstić information content (AvgIpc) is 2.67. The third-order valence-corrected chi connectivity index (χ3v) is 4.52. The molecule has 1 unspecified atom stereocenters. The van der Waals surface area contributed by atoms with E-state index in [1.807, 2.05) is 74.5 Å². The fourth-order valence-electron chi connectivity index (χ4n) is 2.92. The molecule has 0 aliphatic heterocycles. The first-order chi connectivity index (χ1) is 12.5. The van der Waals surface area contributed by atoms with Gasteiger partial charge in [-0.15, -0.1) is 5.11 Å². The number of ether oxygens (including phenoxy) is 1. The van der Waals surface area contributed by atoms with Gasteiger partial charge in [-0.1, -0.05) is 48.6 Å². The number of allylic oxidation sites excluding steroid dienone is 3. The Hall–Kier alpha value is -3.01. The fourth-order valence-corrected chi connectivity index (χ4v) is 2.92. The Balaban J connectivity index is 1.87. The number of carbonyl (C=O) groups excluding carboxylic acids is 1. The summed E-state index contributed by atoms with van der Waals surface area (Å²) in [5, 5.41) is 8.80. The van der Waals surface area contributed by atoms with Crippen LogP contribution in [0.5, 0.6) is 0 Å². The maximum Gasteiger partial charge on any atom is 0.315 e. The van der Waals surface area contributed by atoms with Gasteiger partial charge in [0.2, 0.25) is 0 Å². The summed E-state index contributed by atoms with van der Waals surface area (Å²) < 4.78 is 4.90. The molecule has 4 nitrogen and oxygen atoms in total. The lowest BCUT2D eigenvalue weighted by atomic mass is 9.80. The van der Waals surface area contributed by atoms with Crippen molar-refractivity contribution < 1.29 is 9.53 Å². The Morgan fingerprint density at radius 2 is 1.92 bits per heavy atom. The van der Waals surface area contributed by atoms with Gasteiger partial charge in [0.05, 0.1) is 23.9 Å². The van der Waals surface area contributed by atoms with E-state index in [0.717, 1.165) is 28.1 Å². The van der Waals surface area contributed by atoms with Crippen LogP contribution in [0, 0.1) is 12.3 Å². The molecule has 132 valence electrons. The summed E-state index contributed by atoms with van der Waals surface area (Å²) >= 11 is 0. The second-order valence-corrected chi connectivity index (χ2v) is 6.66. The van der Waals surface area contributed by atoms with Gasteiger partial charge in [0.1, 0.15) is 0 Å². The van der Waals surface area contributed by atoms with Gasteiger partial charge in [0.15, 0.2) is 0 Å². The maximum absolute atomic E-state index is 11.9. The number of carbonyl (C=O) groups is 1. The zero-order valence-corrected chi connectivity index (χ0v) is 15.3. The molecule has 2 aromatic rings. The maximum atomic E-state index is 11.9. The van der Waals surface area contributed by atoms with Crippen LogP contribution in [-0.4, -0.2) is 13.1 Å². The van der Waals surface area contributed by atoms with E-state index in [1.54, 1.807) is 0 Å². The van der Waals surface area contributed by atoms with Crippen LogP contribution in [0.2, 0.25) is 0 Å². The van der Waals surface area contributed by atoms with Crippen molar-refractivity contribution in [2.24, 2.45) is 15.6 Å². The van der Waals surface area contributed by atoms with Crippen molar-refractivity contribution in [3.8, 4) is 0 Å². The minimum atomic E-state index is -0.615. The van der Waals surface area contributed by atoms with Crippen molar-refractivity contribution in [2.75, 3.05) is 7.11 Å². The van der Waals surface area contributed by atoms with Gasteiger partial charge in [-0.3, -0.25) is 4.79 Å². The molecule has 0 amide bonds. The van der Waals surface area contributed by atoms with Crippen LogP contribution in [0.1, 0.15) is 24.5 Å². The summed E-state index contributed by atoms with van der Waals surface area (Å²) in [5.74, 6) is -0.225. The zero-order valence-electron chi connectivity index (χ0n) is 15.3. The molecule has 0 bridgehead atoms. The van der Waals surface area contributed by atoms with Crippen molar-refractivity contribution in [2.45, 2.75) is 20.3 Å². The molecule has 0 N–H and O–H groups in total. The predicted octanol–water partition coefficient (Wildman–Crippen LogP) is 5.93. The topological polar surface area (TPSA) is 51.0 Å². The number of esters is 1. The summed E-state index contributed by atoms with van der Waals surface area (Å²) in [6.45, 7) is 3.91. The quantitative estimate of drug-likeness (QED) is 0.508. The van der Waals surface area contributed by atoms with Crippen LogP contribution in [0.25, 0.3) is 5.57 Å². The molecule has 0 saturated carbocycles. The standard InChI is InChI=1S/C22H22N2O2/c1-16-7-6-8-18(15-16)23-24-20-10-5-4-9-19(20)17-11-13-22(2,14-12-17)21(25)26-3/h4-13,15H,14H2,1-3H3/b24-23+. The molecule has 1 aliphatic rings. The largest absolute Gasteiger partial charge is 0.468 e. The number of nitrogens with zero attached hydrogens (tertiary/aromatic N) is 2. The van der Waals surface area contributed by atoms with Crippen LogP contribution < -0.4 is 0 Å². The molecule has 0 fully saturated rings. The summed E-state index contributed by atoms with van der Waals surface area (Å²) in [6.07, 6.45) is 6.51. The van der Waals surface area contributed by atoms with E-state index in [0.29, 0.717) is 6.42 Å². The highest BCUT2D eigenvalue weighted by atomic mass is 16.5. The van der Waals surface area contributed by atoms with E-state index in [2.05, 4.69) is 16.3 Å². The number of hydrogen-bond acceptors (Lipinski definition) is 4. The van der Waals surface area contributed by atoms with E-state index >= 15 is 0 Å². The van der Waals surface area contributed by atoms with E-state index in [1.165, 1.54) is 7.11 Å². The highest BCUT2D eigenvalue weighted by molar-refractivity contribution is 5.86. The van der Waals surface area contributed by atoms with E-state index in [-0.39, 0.29) is 5.97 Å². The molecule has 26 heavy (non-hydrogen) atoms. The number of rotatable bonds is 4. The van der Waals surface area contributed by atoms with E-state index < -0.39 is 5.41 Å². The molecule has 0 aromatic heterocycles. The van der Waals surface area contributed by atoms with Crippen LogP contribution in [0.3, 0.4) is 0 Å². The average molecular weight is 346 g/mol.